The van der Waals surface area contributed by atoms with E-state index in [2.05, 4.69) is 15.0 Å². The van der Waals surface area contributed by atoms with E-state index in [1.807, 2.05) is 13.8 Å². The van der Waals surface area contributed by atoms with Crippen molar-refractivity contribution < 1.29 is 20.4 Å². The van der Waals surface area contributed by atoms with Gasteiger partial charge >= 0.3 is 35.2 Å². The molecule has 146 valence electrons. The minimum absolute atomic E-state index is 0. The molecule has 0 unspecified atom stereocenters. The van der Waals surface area contributed by atoms with E-state index in [9.17, 15) is 24.9 Å². The number of aliphatic hydroxyl groups excluding tert-OH is 4. The van der Waals surface area contributed by atoms with Crippen LogP contribution in [0.5, 0.6) is 0 Å². The number of hydrogen-bond donors (Lipinski definition) is 5. The van der Waals surface area contributed by atoms with Crippen molar-refractivity contribution in [2.75, 3.05) is 6.61 Å². The summed E-state index contributed by atoms with van der Waals surface area (Å²) in [5, 5.41) is 38.8. The average Bonchev–Trinajstić information content (AvgIpc) is 2.62. The van der Waals surface area contributed by atoms with Crippen molar-refractivity contribution in [1.29, 1.82) is 0 Å². The number of H-pyrrole nitrogens is 1. The Morgan fingerprint density at radius 2 is 1.71 bits per heavy atom. The molecule has 0 amide bonds. The first-order chi connectivity index (χ1) is 12.7. The fourth-order valence-corrected chi connectivity index (χ4v) is 2.89. The summed E-state index contributed by atoms with van der Waals surface area (Å²) >= 11 is 0. The van der Waals surface area contributed by atoms with Crippen LogP contribution in [0.1, 0.15) is 11.1 Å². The summed E-state index contributed by atoms with van der Waals surface area (Å²) in [5.41, 5.74) is 1.11. The Bertz CT molecular complexity index is 1080. The van der Waals surface area contributed by atoms with Crippen molar-refractivity contribution in [2.24, 2.45) is 0 Å². The third-order valence-corrected chi connectivity index (χ3v) is 4.57. The van der Waals surface area contributed by atoms with E-state index in [1.54, 1.807) is 12.1 Å². The number of aliphatic hydroxyl groups is 4. The van der Waals surface area contributed by atoms with Gasteiger partial charge in [-0.2, -0.15) is 4.98 Å². The normalized spacial score (nSPS) is 14.6. The van der Waals surface area contributed by atoms with Gasteiger partial charge in [0.25, 0.3) is 5.56 Å². The molecule has 11 heteroatoms. The molecule has 5 N–H and O–H groups in total. The molecular weight excluding hydrogens is 379 g/mol. The number of nitrogens with zero attached hydrogens (tertiary/aromatic N) is 3. The molecule has 0 bridgehead atoms. The van der Waals surface area contributed by atoms with E-state index in [0.717, 1.165) is 11.1 Å². The Kier molecular flexibility index (Phi) is 7.10. The van der Waals surface area contributed by atoms with Crippen LogP contribution in [0.25, 0.3) is 22.6 Å². The van der Waals surface area contributed by atoms with Crippen LogP contribution in [0, 0.1) is 13.8 Å². The van der Waals surface area contributed by atoms with Gasteiger partial charge in [0.05, 0.1) is 24.2 Å². The third-order valence-electron chi connectivity index (χ3n) is 4.57. The number of aryl methyl sites for hydroxylation is 2. The molecule has 0 saturated carbocycles. The quantitative estimate of drug-likeness (QED) is 0.234. The van der Waals surface area contributed by atoms with E-state index in [-0.39, 0.29) is 47.6 Å². The molecule has 0 aromatic heterocycles. The van der Waals surface area contributed by atoms with E-state index >= 15 is 0 Å². The van der Waals surface area contributed by atoms with E-state index in [1.165, 1.54) is 4.57 Å². The predicted molar refractivity (Wildman–Crippen MR) is 103 cm³/mol. The SMILES string of the molecule is Cc1cc2nc3c(=O)[nH]c(=O)nc-3n(C[C@H](O)[C@H](O)[C@H](O)CO)c2cc1C.[NaH]. The maximum atomic E-state index is 12.2. The fraction of sp³-hybridized carbons (Fsp3) is 0.412. The first-order valence-corrected chi connectivity index (χ1v) is 8.29. The number of aromatic nitrogens is 4. The van der Waals surface area contributed by atoms with Gasteiger partial charge in [0.1, 0.15) is 18.3 Å². The standard InChI is InChI=1S/C17H20N4O6.Na.H/c1-7-3-9-10(4-8(7)2)21(5-11(23)14(25)12(24)6-22)15-13(18-9)16(26)20-17(27)19-15;;/h3-4,11-12,14,22-25H,5-6H2,1-2H3,(H,20,26,27);;/t11-,12+,14-;;/m0../s1. The summed E-state index contributed by atoms with van der Waals surface area (Å²) in [6.07, 6.45) is -4.68. The molecule has 3 atom stereocenters. The summed E-state index contributed by atoms with van der Waals surface area (Å²) in [6.45, 7) is 2.73. The Morgan fingerprint density at radius 3 is 2.36 bits per heavy atom. The van der Waals surface area contributed by atoms with E-state index in [0.29, 0.717) is 11.0 Å². The first kappa shape index (κ1) is 22.6. The predicted octanol–water partition coefficient (Wildman–Crippen LogP) is -2.37. The van der Waals surface area contributed by atoms with Gasteiger partial charge in [-0.1, -0.05) is 0 Å². The number of nitrogens with one attached hydrogen (secondary N) is 1. The third kappa shape index (κ3) is 4.18. The van der Waals surface area contributed by atoms with Gasteiger partial charge in [-0.05, 0) is 37.1 Å². The number of hydrogen-bond acceptors (Lipinski definition) is 8. The molecule has 2 heterocycles. The summed E-state index contributed by atoms with van der Waals surface area (Å²) < 4.78 is 1.40. The van der Waals surface area contributed by atoms with Crippen molar-refractivity contribution in [2.45, 2.75) is 38.7 Å². The molecule has 3 rings (SSSR count). The number of rotatable bonds is 5. The topological polar surface area (TPSA) is 162 Å². The summed E-state index contributed by atoms with van der Waals surface area (Å²) in [5.74, 6) is -0.0516. The molecule has 0 radical (unpaired) electrons. The fourth-order valence-electron chi connectivity index (χ4n) is 2.89. The molecule has 2 aliphatic heterocycles. The molecule has 0 saturated heterocycles. The van der Waals surface area contributed by atoms with Crippen LogP contribution in [0.4, 0.5) is 0 Å². The molecule has 0 spiro atoms. The second-order valence-corrected chi connectivity index (χ2v) is 6.50. The summed E-state index contributed by atoms with van der Waals surface area (Å²) in [4.78, 5) is 34.0. The minimum atomic E-state index is -1.64. The molecule has 28 heavy (non-hydrogen) atoms. The molecule has 0 fully saturated rings. The van der Waals surface area contributed by atoms with Crippen LogP contribution in [0.15, 0.2) is 21.7 Å². The maximum absolute atomic E-state index is 12.2. The second kappa shape index (κ2) is 8.78. The Morgan fingerprint density at radius 1 is 1.07 bits per heavy atom. The Labute approximate surface area is 181 Å². The Hall–Kier alpha value is -1.66. The molecule has 1 aromatic carbocycles. The number of benzene rings is 1. The van der Waals surface area contributed by atoms with Crippen LogP contribution >= 0.6 is 0 Å². The monoisotopic (exact) mass is 400 g/mol. The molecular formula is C17H21N4NaO6. The van der Waals surface area contributed by atoms with Crippen LogP contribution in [0.3, 0.4) is 0 Å². The van der Waals surface area contributed by atoms with Gasteiger partial charge in [-0.25, -0.2) is 9.78 Å². The first-order valence-electron chi connectivity index (χ1n) is 8.29. The van der Waals surface area contributed by atoms with Crippen molar-refractivity contribution in [3.8, 4) is 11.5 Å². The van der Waals surface area contributed by atoms with Crippen LogP contribution < -0.4 is 11.2 Å². The zero-order valence-corrected chi connectivity index (χ0v) is 14.7. The summed E-state index contributed by atoms with van der Waals surface area (Å²) in [6, 6.07) is 3.53. The van der Waals surface area contributed by atoms with Crippen LogP contribution in [0.2, 0.25) is 0 Å². The van der Waals surface area contributed by atoms with Crippen molar-refractivity contribution in [1.82, 2.24) is 19.5 Å². The van der Waals surface area contributed by atoms with Gasteiger partial charge in [0, 0.05) is 0 Å². The molecule has 10 nitrogen and oxygen atoms in total. The zero-order chi connectivity index (χ0) is 19.9. The number of fused-ring (bicyclic) bond motifs is 2. The summed E-state index contributed by atoms with van der Waals surface area (Å²) in [7, 11) is 0. The molecule has 0 aliphatic carbocycles. The Balaban J connectivity index is 0.00000280. The molecule has 1 aromatic rings. The second-order valence-electron chi connectivity index (χ2n) is 6.50. The van der Waals surface area contributed by atoms with Gasteiger partial charge in [0.15, 0.2) is 11.5 Å². The van der Waals surface area contributed by atoms with Gasteiger partial charge in [-0.15, -0.1) is 0 Å². The van der Waals surface area contributed by atoms with Crippen LogP contribution in [-0.4, -0.2) is 94.4 Å². The van der Waals surface area contributed by atoms with Gasteiger partial charge in [0.2, 0.25) is 0 Å². The average molecular weight is 400 g/mol. The van der Waals surface area contributed by atoms with Crippen molar-refractivity contribution >= 4 is 40.6 Å². The van der Waals surface area contributed by atoms with Gasteiger partial charge in [-0.3, -0.25) is 9.78 Å². The zero-order valence-electron chi connectivity index (χ0n) is 14.7. The molecule has 2 aliphatic rings. The number of aromatic amines is 1. The van der Waals surface area contributed by atoms with Gasteiger partial charge < -0.3 is 25.0 Å². The van der Waals surface area contributed by atoms with Crippen LogP contribution in [-0.2, 0) is 6.54 Å². The van der Waals surface area contributed by atoms with E-state index in [4.69, 9.17) is 5.11 Å². The van der Waals surface area contributed by atoms with Crippen molar-refractivity contribution in [3.63, 3.8) is 0 Å². The van der Waals surface area contributed by atoms with E-state index < -0.39 is 36.2 Å². The van der Waals surface area contributed by atoms with Crippen molar-refractivity contribution in [3.05, 3.63) is 44.1 Å².